The summed E-state index contributed by atoms with van der Waals surface area (Å²) in [5, 5.41) is 8.80. The minimum atomic E-state index is 0.831. The number of ether oxygens (including phenoxy) is 1. The smallest absolute Gasteiger partial charge is 0.118 e. The maximum atomic E-state index is 5.16. The van der Waals surface area contributed by atoms with Crippen LogP contribution >= 0.6 is 0 Å². The van der Waals surface area contributed by atoms with Gasteiger partial charge in [0.2, 0.25) is 0 Å². The number of fused-ring (bicyclic) bond motifs is 3. The van der Waals surface area contributed by atoms with E-state index in [-0.39, 0.29) is 0 Å². The highest BCUT2D eigenvalue weighted by Crippen LogP contribution is 2.36. The van der Waals surface area contributed by atoms with Crippen LogP contribution in [0.15, 0.2) is 83.0 Å². The molecule has 24 heavy (non-hydrogen) atoms. The zero-order valence-corrected chi connectivity index (χ0v) is 13.3. The molecule has 3 heteroatoms. The van der Waals surface area contributed by atoms with Crippen molar-refractivity contribution in [2.24, 2.45) is 10.2 Å². The Kier molecular flexibility index (Phi) is 3.67. The number of nitrogens with zero attached hydrogens (tertiary/aromatic N) is 2. The third-order valence-corrected chi connectivity index (χ3v) is 4.13. The standard InChI is InChI=1S/C21H16N2O/c1-24-16-12-10-15(11-13-16)14-22-23-21-19-8-4-2-6-17(19)18-7-3-5-9-20(18)21/h2-14H,1H3/b22-14-. The number of hydrogen-bond donors (Lipinski definition) is 0. The van der Waals surface area contributed by atoms with Gasteiger partial charge in [-0.15, -0.1) is 5.10 Å². The van der Waals surface area contributed by atoms with Crippen LogP contribution in [0.5, 0.6) is 5.75 Å². The van der Waals surface area contributed by atoms with E-state index in [2.05, 4.69) is 46.6 Å². The first-order valence-electron chi connectivity index (χ1n) is 7.81. The van der Waals surface area contributed by atoms with Crippen LogP contribution < -0.4 is 4.74 Å². The SMILES string of the molecule is COc1ccc(/C=N\N=C2c3ccccc3-c3ccccc32)cc1. The molecule has 0 aromatic heterocycles. The maximum Gasteiger partial charge on any atom is 0.118 e. The topological polar surface area (TPSA) is 34.0 Å². The normalized spacial score (nSPS) is 12.1. The first kappa shape index (κ1) is 14.4. The highest BCUT2D eigenvalue weighted by Gasteiger charge is 2.23. The predicted octanol–water partition coefficient (Wildman–Crippen LogP) is 4.55. The minimum Gasteiger partial charge on any atom is -0.497 e. The Bertz CT molecular complexity index is 893. The van der Waals surface area contributed by atoms with Crippen LogP contribution in [0.1, 0.15) is 16.7 Å². The van der Waals surface area contributed by atoms with E-state index >= 15 is 0 Å². The molecule has 3 aromatic carbocycles. The Morgan fingerprint density at radius 3 is 1.79 bits per heavy atom. The van der Waals surface area contributed by atoms with Crippen molar-refractivity contribution in [3.05, 3.63) is 89.5 Å². The van der Waals surface area contributed by atoms with Crippen LogP contribution in [0.2, 0.25) is 0 Å². The van der Waals surface area contributed by atoms with Crippen molar-refractivity contribution in [3.8, 4) is 16.9 Å². The van der Waals surface area contributed by atoms with E-state index in [0.717, 1.165) is 28.2 Å². The summed E-state index contributed by atoms with van der Waals surface area (Å²) >= 11 is 0. The van der Waals surface area contributed by atoms with Crippen LogP contribution in [0.4, 0.5) is 0 Å². The Hall–Kier alpha value is -3.20. The Morgan fingerprint density at radius 2 is 1.25 bits per heavy atom. The highest BCUT2D eigenvalue weighted by atomic mass is 16.5. The van der Waals surface area contributed by atoms with Crippen molar-refractivity contribution in [3.63, 3.8) is 0 Å². The molecule has 1 aliphatic carbocycles. The van der Waals surface area contributed by atoms with Gasteiger partial charge in [0.25, 0.3) is 0 Å². The second kappa shape index (κ2) is 6.13. The lowest BCUT2D eigenvalue weighted by molar-refractivity contribution is 0.415. The summed E-state index contributed by atoms with van der Waals surface area (Å²) in [5.41, 5.74) is 6.60. The molecule has 116 valence electrons. The lowest BCUT2D eigenvalue weighted by Gasteiger charge is -1.99. The van der Waals surface area contributed by atoms with E-state index in [1.807, 2.05) is 36.4 Å². The molecule has 0 atom stereocenters. The van der Waals surface area contributed by atoms with Gasteiger partial charge in [-0.3, -0.25) is 0 Å². The van der Waals surface area contributed by atoms with Crippen molar-refractivity contribution >= 4 is 11.9 Å². The first-order valence-corrected chi connectivity index (χ1v) is 7.81. The summed E-state index contributed by atoms with van der Waals surface area (Å²) in [6.07, 6.45) is 1.76. The lowest BCUT2D eigenvalue weighted by atomic mass is 10.1. The molecule has 0 unspecified atom stereocenters. The fraction of sp³-hybridized carbons (Fsp3) is 0.0476. The van der Waals surface area contributed by atoms with Gasteiger partial charge in [-0.05, 0) is 41.0 Å². The zero-order valence-electron chi connectivity index (χ0n) is 13.3. The summed E-state index contributed by atoms with van der Waals surface area (Å²) in [5.74, 6) is 0.831. The third-order valence-electron chi connectivity index (χ3n) is 4.13. The molecule has 4 rings (SSSR count). The summed E-state index contributed by atoms with van der Waals surface area (Å²) in [6, 6.07) is 24.4. The molecule has 1 aliphatic rings. The van der Waals surface area contributed by atoms with Crippen LogP contribution in [-0.2, 0) is 0 Å². The summed E-state index contributed by atoms with van der Waals surface area (Å²) in [4.78, 5) is 0. The van der Waals surface area contributed by atoms with Crippen LogP contribution in [0, 0.1) is 0 Å². The van der Waals surface area contributed by atoms with Crippen LogP contribution in [0.3, 0.4) is 0 Å². The Morgan fingerprint density at radius 1 is 0.708 bits per heavy atom. The highest BCUT2D eigenvalue weighted by molar-refractivity contribution is 6.24. The molecular weight excluding hydrogens is 296 g/mol. The van der Waals surface area contributed by atoms with E-state index in [9.17, 15) is 0 Å². The van der Waals surface area contributed by atoms with Crippen molar-refractivity contribution < 1.29 is 4.74 Å². The minimum absolute atomic E-state index is 0.831. The second-order valence-corrected chi connectivity index (χ2v) is 5.56. The molecule has 3 nitrogen and oxygen atoms in total. The van der Waals surface area contributed by atoms with Crippen LogP contribution in [0.25, 0.3) is 11.1 Å². The third kappa shape index (κ3) is 2.50. The Labute approximate surface area is 141 Å². The van der Waals surface area contributed by atoms with Gasteiger partial charge in [-0.1, -0.05) is 48.5 Å². The fourth-order valence-electron chi connectivity index (χ4n) is 2.95. The lowest BCUT2D eigenvalue weighted by Crippen LogP contribution is -1.97. The quantitative estimate of drug-likeness (QED) is 0.404. The predicted molar refractivity (Wildman–Crippen MR) is 98.1 cm³/mol. The van der Waals surface area contributed by atoms with Crippen molar-refractivity contribution in [1.82, 2.24) is 0 Å². The molecule has 0 saturated carbocycles. The van der Waals surface area contributed by atoms with Crippen molar-refractivity contribution in [2.45, 2.75) is 0 Å². The largest absolute Gasteiger partial charge is 0.497 e. The van der Waals surface area contributed by atoms with Gasteiger partial charge >= 0.3 is 0 Å². The monoisotopic (exact) mass is 312 g/mol. The van der Waals surface area contributed by atoms with Gasteiger partial charge in [-0.25, -0.2) is 0 Å². The zero-order chi connectivity index (χ0) is 16.4. The molecule has 0 fully saturated rings. The average Bonchev–Trinajstić information content (AvgIpc) is 2.97. The molecular formula is C21H16N2O. The van der Waals surface area contributed by atoms with Crippen LogP contribution in [-0.4, -0.2) is 19.0 Å². The number of hydrogen-bond acceptors (Lipinski definition) is 3. The molecule has 0 spiro atoms. The van der Waals surface area contributed by atoms with Crippen molar-refractivity contribution in [2.75, 3.05) is 7.11 Å². The van der Waals surface area contributed by atoms with Gasteiger partial charge in [0.15, 0.2) is 0 Å². The Balaban J connectivity index is 1.70. The van der Waals surface area contributed by atoms with Gasteiger partial charge in [0.05, 0.1) is 13.3 Å². The van der Waals surface area contributed by atoms with E-state index in [0.29, 0.717) is 0 Å². The van der Waals surface area contributed by atoms with E-state index in [1.54, 1.807) is 13.3 Å². The van der Waals surface area contributed by atoms with Gasteiger partial charge in [0, 0.05) is 11.1 Å². The second-order valence-electron chi connectivity index (χ2n) is 5.56. The summed E-state index contributed by atoms with van der Waals surface area (Å²) in [7, 11) is 1.66. The van der Waals surface area contributed by atoms with E-state index in [1.165, 1.54) is 11.1 Å². The molecule has 3 aromatic rings. The molecule has 0 radical (unpaired) electrons. The van der Waals surface area contributed by atoms with E-state index in [4.69, 9.17) is 4.74 Å². The molecule has 0 N–H and O–H groups in total. The summed E-state index contributed by atoms with van der Waals surface area (Å²) < 4.78 is 5.16. The number of rotatable bonds is 3. The maximum absolute atomic E-state index is 5.16. The van der Waals surface area contributed by atoms with Gasteiger partial charge in [-0.2, -0.15) is 5.10 Å². The molecule has 0 bridgehead atoms. The molecule has 0 heterocycles. The first-order chi connectivity index (χ1) is 11.9. The average molecular weight is 312 g/mol. The summed E-state index contributed by atoms with van der Waals surface area (Å²) in [6.45, 7) is 0. The van der Waals surface area contributed by atoms with Gasteiger partial charge in [0.1, 0.15) is 11.5 Å². The number of methoxy groups -OCH3 is 1. The molecule has 0 saturated heterocycles. The van der Waals surface area contributed by atoms with E-state index < -0.39 is 0 Å². The van der Waals surface area contributed by atoms with Gasteiger partial charge < -0.3 is 4.74 Å². The number of benzene rings is 3. The molecule has 0 aliphatic heterocycles. The van der Waals surface area contributed by atoms with Crippen molar-refractivity contribution in [1.29, 1.82) is 0 Å². The molecule has 0 amide bonds. The fourth-order valence-corrected chi connectivity index (χ4v) is 2.95.